The number of aromatic nitrogens is 2. The van der Waals surface area contributed by atoms with Crippen molar-refractivity contribution in [2.75, 3.05) is 0 Å². The van der Waals surface area contributed by atoms with E-state index in [1.54, 1.807) is 11.3 Å². The topological polar surface area (TPSA) is 35.0 Å². The van der Waals surface area contributed by atoms with Crippen LogP contribution in [0, 0.1) is 6.92 Å². The molecule has 0 aliphatic heterocycles. The summed E-state index contributed by atoms with van der Waals surface area (Å²) in [6.07, 6.45) is 0. The number of nitrogens with zero attached hydrogens (tertiary/aromatic N) is 2. The molecule has 0 aliphatic rings. The molecule has 0 saturated heterocycles. The number of benzene rings is 2. The summed E-state index contributed by atoms with van der Waals surface area (Å²) in [6, 6.07) is 20.1. The summed E-state index contributed by atoms with van der Waals surface area (Å²) < 4.78 is 7.00. The van der Waals surface area contributed by atoms with Gasteiger partial charge < -0.3 is 4.74 Å². The van der Waals surface area contributed by atoms with E-state index < -0.39 is 0 Å². The number of thiophene rings is 1. The second kappa shape index (κ2) is 6.34. The van der Waals surface area contributed by atoms with Gasteiger partial charge in [-0.25, -0.2) is 4.98 Å². The summed E-state index contributed by atoms with van der Waals surface area (Å²) >= 11 is 5.12. The Hall–Kier alpha value is -2.24. The summed E-state index contributed by atoms with van der Waals surface area (Å²) in [7, 11) is 0. The van der Waals surface area contributed by atoms with Crippen molar-refractivity contribution in [3.63, 3.8) is 0 Å². The van der Waals surface area contributed by atoms with E-state index >= 15 is 0 Å². The highest BCUT2D eigenvalue weighted by atomic mass is 79.9. The molecule has 118 valence electrons. The molecule has 0 saturated carbocycles. The summed E-state index contributed by atoms with van der Waals surface area (Å²) in [5.74, 6) is 2.04. The lowest BCUT2D eigenvalue weighted by Crippen LogP contribution is -1.93. The fourth-order valence-electron chi connectivity index (χ4n) is 2.46. The molecule has 0 bridgehead atoms. The zero-order chi connectivity index (χ0) is 16.5. The minimum atomic E-state index is 0.592. The fraction of sp³-hybridized carbons (Fsp3) is 0.0526. The van der Waals surface area contributed by atoms with Crippen LogP contribution in [0.2, 0.25) is 0 Å². The van der Waals surface area contributed by atoms with Crippen molar-refractivity contribution in [1.29, 1.82) is 0 Å². The Bertz CT molecular complexity index is 1010. The van der Waals surface area contributed by atoms with Crippen molar-refractivity contribution >= 4 is 37.5 Å². The van der Waals surface area contributed by atoms with Gasteiger partial charge in [0.2, 0.25) is 5.88 Å². The average molecular weight is 397 g/mol. The number of ether oxygens (including phenoxy) is 1. The first-order valence-corrected chi connectivity index (χ1v) is 9.07. The lowest BCUT2D eigenvalue weighted by atomic mass is 10.2. The number of hydrogen-bond donors (Lipinski definition) is 0. The highest BCUT2D eigenvalue weighted by Crippen LogP contribution is 2.37. The Balaban J connectivity index is 1.81. The van der Waals surface area contributed by atoms with Gasteiger partial charge in [-0.05, 0) is 36.8 Å². The molecular weight excluding hydrogens is 384 g/mol. The Morgan fingerprint density at radius 3 is 2.58 bits per heavy atom. The normalized spacial score (nSPS) is 10.9. The summed E-state index contributed by atoms with van der Waals surface area (Å²) in [5.41, 5.74) is 1.17. The van der Waals surface area contributed by atoms with E-state index in [0.717, 1.165) is 25.3 Å². The van der Waals surface area contributed by atoms with E-state index in [1.807, 2.05) is 49.4 Å². The molecule has 5 heteroatoms. The predicted octanol–water partition coefficient (Wildman–Crippen LogP) is 6.22. The first kappa shape index (κ1) is 15.3. The van der Waals surface area contributed by atoms with Gasteiger partial charge in [-0.1, -0.05) is 52.3 Å². The van der Waals surface area contributed by atoms with Crippen LogP contribution >= 0.6 is 27.3 Å². The van der Waals surface area contributed by atoms with E-state index in [2.05, 4.69) is 44.1 Å². The van der Waals surface area contributed by atoms with Gasteiger partial charge in [0, 0.05) is 9.35 Å². The largest absolute Gasteiger partial charge is 0.438 e. The molecule has 0 amide bonds. The first-order valence-electron chi connectivity index (χ1n) is 7.46. The standard InChI is InChI=1S/C19H13BrN2OS/c1-12-21-18(23-15-9-5-8-14(20)10-15)16-11-17(24-19(16)22-12)13-6-3-2-4-7-13/h2-11H,1H3. The molecule has 0 N–H and O–H groups in total. The van der Waals surface area contributed by atoms with Gasteiger partial charge in [0.25, 0.3) is 0 Å². The van der Waals surface area contributed by atoms with Crippen LogP contribution in [0.25, 0.3) is 20.7 Å². The SMILES string of the molecule is Cc1nc(Oc2cccc(Br)c2)c2cc(-c3ccccc3)sc2n1. The molecule has 0 aliphatic carbocycles. The van der Waals surface area contributed by atoms with Crippen molar-refractivity contribution in [3.05, 3.63) is 71.0 Å². The third kappa shape index (κ3) is 3.05. The van der Waals surface area contributed by atoms with Crippen LogP contribution in [-0.2, 0) is 0 Å². The number of hydrogen-bond acceptors (Lipinski definition) is 4. The highest BCUT2D eigenvalue weighted by Gasteiger charge is 2.13. The minimum absolute atomic E-state index is 0.592. The van der Waals surface area contributed by atoms with E-state index in [9.17, 15) is 0 Å². The van der Waals surface area contributed by atoms with Gasteiger partial charge in [0.15, 0.2) is 0 Å². The number of rotatable bonds is 3. The summed E-state index contributed by atoms with van der Waals surface area (Å²) in [4.78, 5) is 11.1. The monoisotopic (exact) mass is 396 g/mol. The van der Waals surface area contributed by atoms with Crippen molar-refractivity contribution in [2.45, 2.75) is 6.92 Å². The van der Waals surface area contributed by atoms with Crippen molar-refractivity contribution in [2.24, 2.45) is 0 Å². The predicted molar refractivity (Wildman–Crippen MR) is 102 cm³/mol. The van der Waals surface area contributed by atoms with Gasteiger partial charge in [-0.15, -0.1) is 11.3 Å². The molecule has 0 radical (unpaired) electrons. The lowest BCUT2D eigenvalue weighted by molar-refractivity contribution is 0.466. The maximum Gasteiger partial charge on any atom is 0.231 e. The average Bonchev–Trinajstić information content (AvgIpc) is 3.00. The molecule has 0 fully saturated rings. The second-order valence-electron chi connectivity index (χ2n) is 5.33. The van der Waals surface area contributed by atoms with Gasteiger partial charge in [0.1, 0.15) is 16.4 Å². The van der Waals surface area contributed by atoms with Crippen LogP contribution < -0.4 is 4.74 Å². The van der Waals surface area contributed by atoms with Crippen molar-refractivity contribution in [1.82, 2.24) is 9.97 Å². The third-order valence-electron chi connectivity index (χ3n) is 3.54. The van der Waals surface area contributed by atoms with E-state index in [0.29, 0.717) is 11.7 Å². The maximum atomic E-state index is 6.03. The van der Waals surface area contributed by atoms with E-state index in [1.165, 1.54) is 5.56 Å². The summed E-state index contributed by atoms with van der Waals surface area (Å²) in [5, 5.41) is 0.935. The molecule has 4 rings (SSSR count). The van der Waals surface area contributed by atoms with Crippen LogP contribution in [0.3, 0.4) is 0 Å². The smallest absolute Gasteiger partial charge is 0.231 e. The molecule has 2 aromatic carbocycles. The van der Waals surface area contributed by atoms with Gasteiger partial charge in [0.05, 0.1) is 5.39 Å². The van der Waals surface area contributed by atoms with Gasteiger partial charge in [-0.3, -0.25) is 0 Å². The second-order valence-corrected chi connectivity index (χ2v) is 7.28. The van der Waals surface area contributed by atoms with Crippen LogP contribution in [0.1, 0.15) is 5.82 Å². The zero-order valence-corrected chi connectivity index (χ0v) is 15.3. The number of fused-ring (bicyclic) bond motifs is 1. The van der Waals surface area contributed by atoms with Crippen molar-refractivity contribution < 1.29 is 4.74 Å². The molecule has 2 heterocycles. The third-order valence-corrected chi connectivity index (χ3v) is 5.11. The number of aryl methyl sites for hydroxylation is 1. The van der Waals surface area contributed by atoms with Crippen LogP contribution in [-0.4, -0.2) is 9.97 Å². The van der Waals surface area contributed by atoms with Crippen LogP contribution in [0.15, 0.2) is 65.1 Å². The summed E-state index contributed by atoms with van der Waals surface area (Å²) in [6.45, 7) is 1.88. The molecule has 0 unspecified atom stereocenters. The van der Waals surface area contributed by atoms with Gasteiger partial charge in [-0.2, -0.15) is 4.98 Å². The molecule has 2 aromatic heterocycles. The fourth-order valence-corrected chi connectivity index (χ4v) is 3.91. The number of halogens is 1. The Labute approximate surface area is 152 Å². The van der Waals surface area contributed by atoms with Crippen LogP contribution in [0.4, 0.5) is 0 Å². The zero-order valence-electron chi connectivity index (χ0n) is 12.9. The Morgan fingerprint density at radius 1 is 0.958 bits per heavy atom. The van der Waals surface area contributed by atoms with Crippen molar-refractivity contribution in [3.8, 4) is 22.1 Å². The molecule has 24 heavy (non-hydrogen) atoms. The molecule has 0 spiro atoms. The molecule has 4 aromatic rings. The minimum Gasteiger partial charge on any atom is -0.438 e. The lowest BCUT2D eigenvalue weighted by Gasteiger charge is -2.06. The maximum absolute atomic E-state index is 6.03. The molecule has 3 nitrogen and oxygen atoms in total. The van der Waals surface area contributed by atoms with Gasteiger partial charge >= 0.3 is 0 Å². The highest BCUT2D eigenvalue weighted by molar-refractivity contribution is 9.10. The Morgan fingerprint density at radius 2 is 1.79 bits per heavy atom. The van der Waals surface area contributed by atoms with E-state index in [4.69, 9.17) is 4.74 Å². The molecule has 0 atom stereocenters. The van der Waals surface area contributed by atoms with Crippen LogP contribution in [0.5, 0.6) is 11.6 Å². The van der Waals surface area contributed by atoms with E-state index in [-0.39, 0.29) is 0 Å². The molecular formula is C19H13BrN2OS. The quantitative estimate of drug-likeness (QED) is 0.412. The Kier molecular flexibility index (Phi) is 4.04. The first-order chi connectivity index (χ1) is 11.7.